The third-order valence-corrected chi connectivity index (χ3v) is 2.93. The van der Waals surface area contributed by atoms with Gasteiger partial charge in [-0.05, 0) is 6.07 Å². The SMILES string of the molecule is CC(=O)OC[C@H]1O[C@@H](n2ccc(N)nc2=O)C(F)(F)C1O. The molecule has 8 nitrogen and oxygen atoms in total. The number of nitrogens with two attached hydrogens (primary N) is 1. The van der Waals surface area contributed by atoms with Gasteiger partial charge >= 0.3 is 17.6 Å². The molecule has 21 heavy (non-hydrogen) atoms. The van der Waals surface area contributed by atoms with Gasteiger partial charge in [-0.2, -0.15) is 13.8 Å². The van der Waals surface area contributed by atoms with Crippen molar-refractivity contribution in [3.8, 4) is 0 Å². The Bertz CT molecular complexity index is 606. The van der Waals surface area contributed by atoms with Gasteiger partial charge in [-0.3, -0.25) is 9.36 Å². The largest absolute Gasteiger partial charge is 0.463 e. The van der Waals surface area contributed by atoms with Gasteiger partial charge in [-0.25, -0.2) is 4.79 Å². The van der Waals surface area contributed by atoms with Crippen LogP contribution in [-0.2, 0) is 14.3 Å². The highest BCUT2D eigenvalue weighted by Gasteiger charge is 2.59. The summed E-state index contributed by atoms with van der Waals surface area (Å²) in [6, 6.07) is 1.15. The lowest BCUT2D eigenvalue weighted by Crippen LogP contribution is -2.42. The molecule has 0 amide bonds. The summed E-state index contributed by atoms with van der Waals surface area (Å²) in [7, 11) is 0. The smallest absolute Gasteiger partial charge is 0.351 e. The molecule has 10 heteroatoms. The van der Waals surface area contributed by atoms with Crippen LogP contribution in [0.2, 0.25) is 0 Å². The molecule has 1 aromatic rings. The maximum absolute atomic E-state index is 14.0. The van der Waals surface area contributed by atoms with E-state index in [0.29, 0.717) is 4.57 Å². The number of halogens is 2. The molecule has 0 saturated carbocycles. The fourth-order valence-electron chi connectivity index (χ4n) is 1.91. The van der Waals surface area contributed by atoms with E-state index in [4.69, 9.17) is 10.5 Å². The summed E-state index contributed by atoms with van der Waals surface area (Å²) in [5, 5.41) is 9.58. The van der Waals surface area contributed by atoms with Crippen LogP contribution in [0, 0.1) is 0 Å². The van der Waals surface area contributed by atoms with E-state index in [2.05, 4.69) is 9.72 Å². The van der Waals surface area contributed by atoms with Crippen molar-refractivity contribution in [1.82, 2.24) is 9.55 Å². The van der Waals surface area contributed by atoms with Crippen molar-refractivity contribution in [3.05, 3.63) is 22.7 Å². The molecule has 0 aromatic carbocycles. The molecule has 0 radical (unpaired) electrons. The summed E-state index contributed by atoms with van der Waals surface area (Å²) in [5.41, 5.74) is 4.23. The molecular formula is C11H13F2N3O5. The summed E-state index contributed by atoms with van der Waals surface area (Å²) < 4.78 is 38.0. The third-order valence-electron chi connectivity index (χ3n) is 2.93. The zero-order valence-electron chi connectivity index (χ0n) is 10.9. The third kappa shape index (κ3) is 2.85. The fourth-order valence-corrected chi connectivity index (χ4v) is 1.91. The number of carbonyl (C=O) groups is 1. The van der Waals surface area contributed by atoms with Crippen molar-refractivity contribution in [2.45, 2.75) is 31.3 Å². The molecule has 3 N–H and O–H groups in total. The topological polar surface area (TPSA) is 117 Å². The standard InChI is InChI=1S/C11H13F2N3O5/c1-5(17)20-4-6-8(18)11(12,13)9(21-6)16-3-2-7(14)15-10(16)19/h2-3,6,8-9,18H,4H2,1H3,(H2,14,15,19)/t6-,8?,9-/m1/s1. The number of hydrogen-bond acceptors (Lipinski definition) is 7. The average molecular weight is 305 g/mol. The Kier molecular flexibility index (Phi) is 3.92. The Morgan fingerprint density at radius 1 is 1.67 bits per heavy atom. The molecule has 0 aliphatic carbocycles. The van der Waals surface area contributed by atoms with Gasteiger partial charge in [0, 0.05) is 13.1 Å². The molecule has 0 spiro atoms. The second-order valence-corrected chi connectivity index (χ2v) is 4.49. The first-order chi connectivity index (χ1) is 9.73. The second kappa shape index (κ2) is 5.37. The Hall–Kier alpha value is -2.07. The molecule has 2 rings (SSSR count). The zero-order chi connectivity index (χ0) is 15.8. The van der Waals surface area contributed by atoms with Gasteiger partial charge in [0.15, 0.2) is 6.10 Å². The van der Waals surface area contributed by atoms with Crippen molar-refractivity contribution >= 4 is 11.8 Å². The molecule has 116 valence electrons. The number of aliphatic hydroxyl groups is 1. The molecule has 1 aromatic heterocycles. The lowest BCUT2D eigenvalue weighted by atomic mass is 10.1. The first-order valence-electron chi connectivity index (χ1n) is 5.93. The number of aromatic nitrogens is 2. The maximum atomic E-state index is 14.0. The van der Waals surface area contributed by atoms with Crippen LogP contribution in [0.1, 0.15) is 13.2 Å². The number of hydrogen-bond donors (Lipinski definition) is 2. The van der Waals surface area contributed by atoms with E-state index in [0.717, 1.165) is 19.2 Å². The van der Waals surface area contributed by atoms with Crippen molar-refractivity contribution in [1.29, 1.82) is 0 Å². The summed E-state index contributed by atoms with van der Waals surface area (Å²) >= 11 is 0. The molecule has 3 atom stereocenters. The van der Waals surface area contributed by atoms with E-state index in [9.17, 15) is 23.5 Å². The van der Waals surface area contributed by atoms with Gasteiger partial charge in [0.1, 0.15) is 18.5 Å². The van der Waals surface area contributed by atoms with E-state index < -0.39 is 42.6 Å². The van der Waals surface area contributed by atoms with Crippen molar-refractivity contribution < 1.29 is 28.2 Å². The van der Waals surface area contributed by atoms with E-state index in [1.807, 2.05) is 0 Å². The summed E-state index contributed by atoms with van der Waals surface area (Å²) in [6.07, 6.45) is -4.76. The van der Waals surface area contributed by atoms with Gasteiger partial charge in [0.2, 0.25) is 6.23 Å². The predicted molar refractivity (Wildman–Crippen MR) is 64.4 cm³/mol. The number of alkyl halides is 2. The van der Waals surface area contributed by atoms with Crippen LogP contribution in [0.25, 0.3) is 0 Å². The number of rotatable bonds is 3. The molecule has 1 aliphatic rings. The van der Waals surface area contributed by atoms with Crippen LogP contribution in [0.5, 0.6) is 0 Å². The average Bonchev–Trinajstić information content (AvgIpc) is 2.60. The Balaban J connectivity index is 2.27. The predicted octanol–water partition coefficient (Wildman–Crippen LogP) is -0.718. The molecule has 1 aliphatic heterocycles. The van der Waals surface area contributed by atoms with Gasteiger partial charge in [0.25, 0.3) is 0 Å². The van der Waals surface area contributed by atoms with Gasteiger partial charge in [-0.15, -0.1) is 0 Å². The second-order valence-electron chi connectivity index (χ2n) is 4.49. The number of ether oxygens (including phenoxy) is 2. The van der Waals surface area contributed by atoms with E-state index in [1.54, 1.807) is 0 Å². The quantitative estimate of drug-likeness (QED) is 0.708. The summed E-state index contributed by atoms with van der Waals surface area (Å²) in [6.45, 7) is 0.533. The Morgan fingerprint density at radius 2 is 2.33 bits per heavy atom. The normalized spacial score (nSPS) is 27.5. The highest BCUT2D eigenvalue weighted by atomic mass is 19.3. The van der Waals surface area contributed by atoms with Crippen molar-refractivity contribution in [2.75, 3.05) is 12.3 Å². The lowest BCUT2D eigenvalue weighted by molar-refractivity contribution is -0.148. The van der Waals surface area contributed by atoms with Crippen molar-refractivity contribution in [3.63, 3.8) is 0 Å². The monoisotopic (exact) mass is 305 g/mol. The molecule has 1 unspecified atom stereocenters. The molecule has 1 fully saturated rings. The molecule has 2 heterocycles. The van der Waals surface area contributed by atoms with E-state index >= 15 is 0 Å². The van der Waals surface area contributed by atoms with Crippen LogP contribution in [0.3, 0.4) is 0 Å². The molecule has 0 bridgehead atoms. The maximum Gasteiger partial charge on any atom is 0.351 e. The van der Waals surface area contributed by atoms with Crippen molar-refractivity contribution in [2.24, 2.45) is 0 Å². The highest BCUT2D eigenvalue weighted by Crippen LogP contribution is 2.42. The number of esters is 1. The number of nitrogen functional groups attached to an aromatic ring is 1. The zero-order valence-corrected chi connectivity index (χ0v) is 10.9. The number of nitrogens with zero attached hydrogens (tertiary/aromatic N) is 2. The highest BCUT2D eigenvalue weighted by molar-refractivity contribution is 5.65. The number of carbonyl (C=O) groups excluding carboxylic acids is 1. The summed E-state index contributed by atoms with van der Waals surface area (Å²) in [4.78, 5) is 25.6. The van der Waals surface area contributed by atoms with Gasteiger partial charge in [-0.1, -0.05) is 0 Å². The minimum absolute atomic E-state index is 0.130. The number of aliphatic hydroxyl groups excluding tert-OH is 1. The number of anilines is 1. The minimum atomic E-state index is -3.76. The first kappa shape index (κ1) is 15.3. The van der Waals surface area contributed by atoms with E-state index in [1.165, 1.54) is 0 Å². The Labute approximate surface area is 117 Å². The molecular weight excluding hydrogens is 292 g/mol. The van der Waals surface area contributed by atoms with Crippen LogP contribution in [0.4, 0.5) is 14.6 Å². The fraction of sp³-hybridized carbons (Fsp3) is 0.545. The van der Waals surface area contributed by atoms with Crippen LogP contribution in [-0.4, -0.2) is 45.4 Å². The van der Waals surface area contributed by atoms with Gasteiger partial charge in [0.05, 0.1) is 0 Å². The van der Waals surface area contributed by atoms with Crippen LogP contribution < -0.4 is 11.4 Å². The lowest BCUT2D eigenvalue weighted by Gasteiger charge is -2.20. The van der Waals surface area contributed by atoms with Crippen LogP contribution >= 0.6 is 0 Å². The first-order valence-corrected chi connectivity index (χ1v) is 5.93. The minimum Gasteiger partial charge on any atom is -0.463 e. The van der Waals surface area contributed by atoms with Gasteiger partial charge < -0.3 is 20.3 Å². The molecule has 1 saturated heterocycles. The van der Waals surface area contributed by atoms with Crippen LogP contribution in [0.15, 0.2) is 17.1 Å². The van der Waals surface area contributed by atoms with E-state index in [-0.39, 0.29) is 5.82 Å². The summed E-state index contributed by atoms with van der Waals surface area (Å²) in [5.74, 6) is -4.59. The Morgan fingerprint density at radius 3 is 2.90 bits per heavy atom.